The van der Waals surface area contributed by atoms with Crippen molar-refractivity contribution in [3.63, 3.8) is 0 Å². The summed E-state index contributed by atoms with van der Waals surface area (Å²) in [5.74, 6) is 0.878. The highest BCUT2D eigenvalue weighted by Gasteiger charge is 2.08. The Hall–Kier alpha value is -1.36. The van der Waals surface area contributed by atoms with Gasteiger partial charge in [-0.25, -0.2) is 4.68 Å². The summed E-state index contributed by atoms with van der Waals surface area (Å²) >= 11 is 3.47. The highest BCUT2D eigenvalue weighted by atomic mass is 79.9. The van der Waals surface area contributed by atoms with Crippen molar-refractivity contribution < 1.29 is 4.74 Å². The van der Waals surface area contributed by atoms with E-state index in [9.17, 15) is 0 Å². The Balaban J connectivity index is 2.36. The molecule has 0 bridgehead atoms. The average molecular weight is 296 g/mol. The molecule has 0 spiro atoms. The van der Waals surface area contributed by atoms with Crippen LogP contribution < -0.4 is 4.74 Å². The summed E-state index contributed by atoms with van der Waals surface area (Å²) in [4.78, 5) is 0.204. The van der Waals surface area contributed by atoms with Crippen LogP contribution in [0.4, 0.5) is 0 Å². The third-order valence-electron chi connectivity index (χ3n) is 2.56. The summed E-state index contributed by atoms with van der Waals surface area (Å²) in [5.41, 5.74) is 2.97. The Kier molecular flexibility index (Phi) is 3.47. The van der Waals surface area contributed by atoms with Crippen LogP contribution in [0, 0.1) is 6.92 Å². The van der Waals surface area contributed by atoms with Crippen molar-refractivity contribution in [3.05, 3.63) is 35.7 Å². The predicted molar refractivity (Wildman–Crippen MR) is 70.0 cm³/mol. The maximum Gasteiger partial charge on any atom is 0.121 e. The molecule has 0 aliphatic carbocycles. The predicted octanol–water partition coefficient (Wildman–Crippen LogP) is 3.04. The number of hydrogen-bond donors (Lipinski definition) is 0. The molecule has 2 aromatic rings. The molecule has 1 unspecified atom stereocenters. The van der Waals surface area contributed by atoms with Crippen molar-refractivity contribution in [1.29, 1.82) is 0 Å². The molecule has 5 heteroatoms. The first-order valence-corrected chi connectivity index (χ1v) is 6.24. The van der Waals surface area contributed by atoms with Crippen molar-refractivity contribution in [2.45, 2.75) is 18.7 Å². The van der Waals surface area contributed by atoms with Gasteiger partial charge in [0.25, 0.3) is 0 Å². The third-order valence-corrected chi connectivity index (χ3v) is 3.03. The van der Waals surface area contributed by atoms with Crippen molar-refractivity contribution in [3.8, 4) is 11.4 Å². The molecule has 0 N–H and O–H groups in total. The second-order valence-electron chi connectivity index (χ2n) is 3.86. The second-order valence-corrected chi connectivity index (χ2v) is 5.23. The number of aryl methyl sites for hydroxylation is 1. The number of methoxy groups -OCH3 is 1. The molecule has 0 amide bonds. The Morgan fingerprint density at radius 1 is 1.41 bits per heavy atom. The average Bonchev–Trinajstić information content (AvgIpc) is 2.78. The van der Waals surface area contributed by atoms with E-state index in [2.05, 4.69) is 26.2 Å². The van der Waals surface area contributed by atoms with E-state index >= 15 is 0 Å². The Labute approximate surface area is 109 Å². The fourth-order valence-corrected chi connectivity index (χ4v) is 1.80. The fraction of sp³-hybridized carbons (Fsp3) is 0.333. The minimum absolute atomic E-state index is 0.204. The van der Waals surface area contributed by atoms with Crippen LogP contribution in [0.3, 0.4) is 0 Å². The molecule has 1 atom stereocenters. The number of rotatable bonds is 3. The van der Waals surface area contributed by atoms with Crippen molar-refractivity contribution in [1.82, 2.24) is 15.0 Å². The van der Waals surface area contributed by atoms with E-state index in [-0.39, 0.29) is 4.83 Å². The second kappa shape index (κ2) is 4.87. The molecule has 0 aliphatic heterocycles. The topological polar surface area (TPSA) is 39.9 Å². The van der Waals surface area contributed by atoms with Gasteiger partial charge in [-0.2, -0.15) is 0 Å². The van der Waals surface area contributed by atoms with Crippen LogP contribution in [0.1, 0.15) is 23.0 Å². The molecule has 0 saturated heterocycles. The number of halogens is 1. The van der Waals surface area contributed by atoms with E-state index in [1.165, 1.54) is 0 Å². The van der Waals surface area contributed by atoms with Crippen molar-refractivity contribution >= 4 is 15.9 Å². The third kappa shape index (κ3) is 2.49. The first-order valence-electron chi connectivity index (χ1n) is 5.33. The van der Waals surface area contributed by atoms with Gasteiger partial charge >= 0.3 is 0 Å². The zero-order valence-corrected chi connectivity index (χ0v) is 11.6. The molecule has 0 aliphatic rings. The van der Waals surface area contributed by atoms with E-state index in [1.807, 2.05) is 38.2 Å². The lowest BCUT2D eigenvalue weighted by molar-refractivity contribution is 0.411. The van der Waals surface area contributed by atoms with Gasteiger partial charge in [0.2, 0.25) is 0 Å². The summed E-state index contributed by atoms with van der Waals surface area (Å²) in [6.45, 7) is 4.03. The van der Waals surface area contributed by atoms with E-state index in [0.29, 0.717) is 0 Å². The zero-order valence-electron chi connectivity index (χ0n) is 10.0. The van der Waals surface area contributed by atoms with Crippen LogP contribution in [0.2, 0.25) is 0 Å². The molecule has 1 heterocycles. The van der Waals surface area contributed by atoms with Crippen LogP contribution in [0.15, 0.2) is 24.4 Å². The van der Waals surface area contributed by atoms with E-state index in [1.54, 1.807) is 11.8 Å². The SMILES string of the molecule is COc1ccc(-n2cc(C(C)Br)nn2)cc1C. The first-order chi connectivity index (χ1) is 8.11. The largest absolute Gasteiger partial charge is 0.496 e. The number of benzene rings is 1. The first kappa shape index (κ1) is 12.1. The quantitative estimate of drug-likeness (QED) is 0.817. The van der Waals surface area contributed by atoms with Crippen LogP contribution in [0.25, 0.3) is 5.69 Å². The van der Waals surface area contributed by atoms with Crippen molar-refractivity contribution in [2.75, 3.05) is 7.11 Å². The van der Waals surface area contributed by atoms with Crippen LogP contribution in [0.5, 0.6) is 5.75 Å². The van der Waals surface area contributed by atoms with Gasteiger partial charge in [0.05, 0.1) is 29.5 Å². The highest BCUT2D eigenvalue weighted by Crippen LogP contribution is 2.22. The molecular weight excluding hydrogens is 282 g/mol. The van der Waals surface area contributed by atoms with Gasteiger partial charge in [-0.05, 0) is 37.6 Å². The lowest BCUT2D eigenvalue weighted by Gasteiger charge is -2.06. The molecule has 4 nitrogen and oxygen atoms in total. The molecule has 1 aromatic heterocycles. The Bertz CT molecular complexity index is 522. The summed E-state index contributed by atoms with van der Waals surface area (Å²) < 4.78 is 6.99. The standard InChI is InChI=1S/C12H14BrN3O/c1-8-6-10(4-5-12(8)17-3)16-7-11(9(2)13)14-15-16/h4-7,9H,1-3H3. The van der Waals surface area contributed by atoms with Crippen LogP contribution in [-0.2, 0) is 0 Å². The molecule has 0 saturated carbocycles. The number of hydrogen-bond acceptors (Lipinski definition) is 3. The number of ether oxygens (including phenoxy) is 1. The molecule has 0 radical (unpaired) electrons. The molecule has 90 valence electrons. The summed E-state index contributed by atoms with van der Waals surface area (Å²) in [6.07, 6.45) is 1.92. The molecular formula is C12H14BrN3O. The number of alkyl halides is 1. The maximum atomic E-state index is 5.23. The smallest absolute Gasteiger partial charge is 0.121 e. The van der Waals surface area contributed by atoms with Gasteiger partial charge in [-0.1, -0.05) is 21.1 Å². The van der Waals surface area contributed by atoms with Gasteiger partial charge in [0.15, 0.2) is 0 Å². The minimum atomic E-state index is 0.204. The van der Waals surface area contributed by atoms with Crippen molar-refractivity contribution in [2.24, 2.45) is 0 Å². The Morgan fingerprint density at radius 3 is 2.71 bits per heavy atom. The van der Waals surface area contributed by atoms with Gasteiger partial charge in [0, 0.05) is 0 Å². The summed E-state index contributed by atoms with van der Waals surface area (Å²) in [5, 5.41) is 8.20. The zero-order chi connectivity index (χ0) is 12.4. The van der Waals surface area contributed by atoms with Gasteiger partial charge in [-0.15, -0.1) is 5.10 Å². The van der Waals surface area contributed by atoms with E-state index in [0.717, 1.165) is 22.7 Å². The number of nitrogens with zero attached hydrogens (tertiary/aromatic N) is 3. The highest BCUT2D eigenvalue weighted by molar-refractivity contribution is 9.09. The van der Waals surface area contributed by atoms with E-state index < -0.39 is 0 Å². The minimum Gasteiger partial charge on any atom is -0.496 e. The van der Waals surface area contributed by atoms with Gasteiger partial charge < -0.3 is 4.74 Å². The van der Waals surface area contributed by atoms with Gasteiger partial charge in [-0.3, -0.25) is 0 Å². The molecule has 0 fully saturated rings. The van der Waals surface area contributed by atoms with Crippen LogP contribution >= 0.6 is 15.9 Å². The van der Waals surface area contributed by atoms with Gasteiger partial charge in [0.1, 0.15) is 5.75 Å². The molecule has 17 heavy (non-hydrogen) atoms. The lowest BCUT2D eigenvalue weighted by Crippen LogP contribution is -1.96. The van der Waals surface area contributed by atoms with E-state index in [4.69, 9.17) is 4.74 Å². The monoisotopic (exact) mass is 295 g/mol. The van der Waals surface area contributed by atoms with Crippen LogP contribution in [-0.4, -0.2) is 22.1 Å². The molecule has 2 rings (SSSR count). The fourth-order valence-electron chi connectivity index (χ4n) is 1.59. The normalized spacial score (nSPS) is 12.5. The molecule has 1 aromatic carbocycles. The maximum absolute atomic E-state index is 5.23. The summed E-state index contributed by atoms with van der Waals surface area (Å²) in [6, 6.07) is 5.92. The summed E-state index contributed by atoms with van der Waals surface area (Å²) in [7, 11) is 1.67. The lowest BCUT2D eigenvalue weighted by atomic mass is 10.2. The Morgan fingerprint density at radius 2 is 2.18 bits per heavy atom. The number of aromatic nitrogens is 3.